The second kappa shape index (κ2) is 6.78. The number of amides is 1. The highest BCUT2D eigenvalue weighted by Crippen LogP contribution is 2.16. The van der Waals surface area contributed by atoms with Crippen molar-refractivity contribution >= 4 is 37.6 Å². The number of hydrogen-bond donors (Lipinski definition) is 1. The molecule has 0 atom stereocenters. The Morgan fingerprint density at radius 1 is 1.23 bits per heavy atom. The molecule has 6 nitrogen and oxygen atoms in total. The van der Waals surface area contributed by atoms with E-state index >= 15 is 0 Å². The molecule has 22 heavy (non-hydrogen) atoms. The Morgan fingerprint density at radius 3 is 2.18 bits per heavy atom. The first kappa shape index (κ1) is 18.6. The molecule has 0 aliphatic heterocycles. The van der Waals surface area contributed by atoms with Crippen LogP contribution in [0.1, 0.15) is 19.4 Å². The third kappa shape index (κ3) is 4.81. The van der Waals surface area contributed by atoms with Gasteiger partial charge in [0, 0.05) is 11.5 Å². The minimum Gasteiger partial charge on any atom is -0.480 e. The van der Waals surface area contributed by atoms with Crippen LogP contribution in [0.2, 0.25) is 0 Å². The van der Waals surface area contributed by atoms with E-state index in [4.69, 9.17) is 5.11 Å². The zero-order valence-corrected chi connectivity index (χ0v) is 14.9. The molecule has 0 spiro atoms. The number of carboxylic acids is 1. The van der Waals surface area contributed by atoms with Crippen molar-refractivity contribution in [3.8, 4) is 0 Å². The monoisotopic (exact) mass is 391 g/mol. The van der Waals surface area contributed by atoms with E-state index in [1.165, 1.54) is 20.9 Å². The summed E-state index contributed by atoms with van der Waals surface area (Å²) in [6.07, 6.45) is 0. The number of aliphatic carboxylic acids is 1. The smallest absolute Gasteiger partial charge is 0.329 e. The normalized spacial score (nSPS) is 12.0. The van der Waals surface area contributed by atoms with Gasteiger partial charge in [0.05, 0.1) is 5.75 Å². The van der Waals surface area contributed by atoms with E-state index in [9.17, 15) is 18.0 Å². The molecule has 0 fully saturated rings. The lowest BCUT2D eigenvalue weighted by atomic mass is 10.0. The molecule has 0 aliphatic rings. The molecule has 0 saturated carbocycles. The number of nitrogens with zero attached hydrogens (tertiary/aromatic N) is 1. The molecular weight excluding hydrogens is 374 g/mol. The number of benzene rings is 1. The van der Waals surface area contributed by atoms with Gasteiger partial charge in [0.25, 0.3) is 0 Å². The van der Waals surface area contributed by atoms with Gasteiger partial charge in [-0.3, -0.25) is 4.79 Å². The molecule has 0 aromatic heterocycles. The Labute approximate surface area is 138 Å². The Hall–Kier alpha value is -1.41. The fourth-order valence-corrected chi connectivity index (χ4v) is 3.26. The standard InChI is InChI=1S/C14H18BrNO5S/c1-14(2,13(18)19)16(3)12(17)9-22(20,21)8-10-4-6-11(15)7-5-10/h4-7H,8-9H2,1-3H3,(H,18,19). The molecule has 1 N–H and O–H groups in total. The summed E-state index contributed by atoms with van der Waals surface area (Å²) in [6, 6.07) is 6.73. The Balaban J connectivity index is 2.82. The van der Waals surface area contributed by atoms with Gasteiger partial charge in [0.15, 0.2) is 9.84 Å². The minimum atomic E-state index is -3.68. The fourth-order valence-electron chi connectivity index (χ4n) is 1.63. The van der Waals surface area contributed by atoms with Gasteiger partial charge >= 0.3 is 5.97 Å². The van der Waals surface area contributed by atoms with Gasteiger partial charge in [-0.05, 0) is 31.5 Å². The van der Waals surface area contributed by atoms with E-state index in [0.717, 1.165) is 9.37 Å². The summed E-state index contributed by atoms with van der Waals surface area (Å²) in [6.45, 7) is 2.68. The molecule has 0 bridgehead atoms. The van der Waals surface area contributed by atoms with Crippen LogP contribution in [0.5, 0.6) is 0 Å². The van der Waals surface area contributed by atoms with Crippen molar-refractivity contribution in [1.29, 1.82) is 0 Å². The molecule has 1 aromatic rings. The van der Waals surface area contributed by atoms with Crippen LogP contribution < -0.4 is 0 Å². The van der Waals surface area contributed by atoms with Crippen molar-refractivity contribution in [2.45, 2.75) is 25.1 Å². The molecule has 1 rings (SSSR count). The maximum atomic E-state index is 12.1. The summed E-state index contributed by atoms with van der Waals surface area (Å²) in [5.74, 6) is -2.94. The first-order valence-electron chi connectivity index (χ1n) is 6.40. The number of halogens is 1. The quantitative estimate of drug-likeness (QED) is 0.796. The van der Waals surface area contributed by atoms with E-state index < -0.39 is 33.0 Å². The zero-order valence-electron chi connectivity index (χ0n) is 12.5. The molecule has 1 amide bonds. The van der Waals surface area contributed by atoms with E-state index in [1.54, 1.807) is 24.3 Å². The van der Waals surface area contributed by atoms with Crippen molar-refractivity contribution in [2.24, 2.45) is 0 Å². The van der Waals surface area contributed by atoms with Crippen LogP contribution in [-0.2, 0) is 25.2 Å². The van der Waals surface area contributed by atoms with Crippen molar-refractivity contribution in [3.63, 3.8) is 0 Å². The van der Waals surface area contributed by atoms with Crippen LogP contribution in [0.3, 0.4) is 0 Å². The predicted molar refractivity (Wildman–Crippen MR) is 86.1 cm³/mol. The maximum absolute atomic E-state index is 12.1. The molecule has 1 aromatic carbocycles. The van der Waals surface area contributed by atoms with Gasteiger partial charge in [-0.1, -0.05) is 28.1 Å². The summed E-state index contributed by atoms with van der Waals surface area (Å²) in [5.41, 5.74) is -0.902. The number of hydrogen-bond acceptors (Lipinski definition) is 4. The number of sulfone groups is 1. The summed E-state index contributed by atoms with van der Waals surface area (Å²) in [5, 5.41) is 9.07. The summed E-state index contributed by atoms with van der Waals surface area (Å²) >= 11 is 3.25. The number of likely N-dealkylation sites (N-methyl/N-ethyl adjacent to an activating group) is 1. The second-order valence-electron chi connectivity index (χ2n) is 5.48. The summed E-state index contributed by atoms with van der Waals surface area (Å²) in [7, 11) is -2.39. The van der Waals surface area contributed by atoms with Gasteiger partial charge in [-0.25, -0.2) is 13.2 Å². The fraction of sp³-hybridized carbons (Fsp3) is 0.429. The largest absolute Gasteiger partial charge is 0.480 e. The number of carbonyl (C=O) groups excluding carboxylic acids is 1. The Morgan fingerprint density at radius 2 is 1.73 bits per heavy atom. The first-order chi connectivity index (χ1) is 9.95. The third-order valence-corrected chi connectivity index (χ3v) is 5.37. The lowest BCUT2D eigenvalue weighted by Gasteiger charge is -2.31. The lowest BCUT2D eigenvalue weighted by molar-refractivity contribution is -0.154. The summed E-state index contributed by atoms with van der Waals surface area (Å²) in [4.78, 5) is 24.1. The van der Waals surface area contributed by atoms with E-state index in [2.05, 4.69) is 15.9 Å². The molecule has 0 aliphatic carbocycles. The molecule has 122 valence electrons. The SMILES string of the molecule is CN(C(=O)CS(=O)(=O)Cc1ccc(Br)cc1)C(C)(C)C(=O)O. The Kier molecular flexibility index (Phi) is 5.75. The molecule has 0 heterocycles. The number of rotatable bonds is 6. The third-order valence-electron chi connectivity index (χ3n) is 3.38. The first-order valence-corrected chi connectivity index (χ1v) is 9.02. The van der Waals surface area contributed by atoms with Crippen LogP contribution in [0.15, 0.2) is 28.7 Å². The van der Waals surface area contributed by atoms with Crippen molar-refractivity contribution in [1.82, 2.24) is 4.90 Å². The molecule has 8 heteroatoms. The number of carboxylic acid groups (broad SMARTS) is 1. The van der Waals surface area contributed by atoms with E-state index in [0.29, 0.717) is 5.56 Å². The van der Waals surface area contributed by atoms with Crippen LogP contribution in [0, 0.1) is 0 Å². The zero-order chi connectivity index (χ0) is 17.1. The van der Waals surface area contributed by atoms with Gasteiger partial charge in [-0.15, -0.1) is 0 Å². The highest BCUT2D eigenvalue weighted by molar-refractivity contribution is 9.10. The van der Waals surface area contributed by atoms with Gasteiger partial charge in [-0.2, -0.15) is 0 Å². The van der Waals surface area contributed by atoms with Crippen molar-refractivity contribution in [2.75, 3.05) is 12.8 Å². The highest BCUT2D eigenvalue weighted by Gasteiger charge is 2.36. The van der Waals surface area contributed by atoms with Gasteiger partial charge < -0.3 is 10.0 Å². The van der Waals surface area contributed by atoms with Crippen LogP contribution >= 0.6 is 15.9 Å². The van der Waals surface area contributed by atoms with E-state index in [1.807, 2.05) is 0 Å². The average Bonchev–Trinajstić information content (AvgIpc) is 2.39. The predicted octanol–water partition coefficient (Wildman–Crippen LogP) is 1.69. The average molecular weight is 392 g/mol. The Bertz CT molecular complexity index is 667. The molecule has 0 unspecified atom stereocenters. The van der Waals surface area contributed by atoms with Crippen LogP contribution in [0.25, 0.3) is 0 Å². The second-order valence-corrected chi connectivity index (χ2v) is 8.46. The molecule has 0 radical (unpaired) electrons. The lowest BCUT2D eigenvalue weighted by Crippen LogP contribution is -2.52. The molecule has 0 saturated heterocycles. The topological polar surface area (TPSA) is 91.8 Å². The maximum Gasteiger partial charge on any atom is 0.329 e. The van der Waals surface area contributed by atoms with E-state index in [-0.39, 0.29) is 5.75 Å². The van der Waals surface area contributed by atoms with Crippen LogP contribution in [0.4, 0.5) is 0 Å². The van der Waals surface area contributed by atoms with Crippen molar-refractivity contribution in [3.05, 3.63) is 34.3 Å². The van der Waals surface area contributed by atoms with Crippen molar-refractivity contribution < 1.29 is 23.1 Å². The molecular formula is C14H18BrNO5S. The van der Waals surface area contributed by atoms with Gasteiger partial charge in [0.1, 0.15) is 11.3 Å². The van der Waals surface area contributed by atoms with Gasteiger partial charge in [0.2, 0.25) is 5.91 Å². The van der Waals surface area contributed by atoms with Crippen LogP contribution in [-0.4, -0.2) is 48.6 Å². The minimum absolute atomic E-state index is 0.270. The number of carbonyl (C=O) groups is 2. The summed E-state index contributed by atoms with van der Waals surface area (Å²) < 4.78 is 25.0. The highest BCUT2D eigenvalue weighted by atomic mass is 79.9.